The van der Waals surface area contributed by atoms with Gasteiger partial charge in [0, 0.05) is 12.1 Å². The molecule has 20 heavy (non-hydrogen) atoms. The lowest BCUT2D eigenvalue weighted by Gasteiger charge is -2.14. The van der Waals surface area contributed by atoms with Crippen LogP contribution in [0.25, 0.3) is 5.70 Å². The minimum atomic E-state index is -0.532. The Morgan fingerprint density at radius 1 is 1.30 bits per heavy atom. The van der Waals surface area contributed by atoms with Gasteiger partial charge in [-0.3, -0.25) is 4.79 Å². The summed E-state index contributed by atoms with van der Waals surface area (Å²) < 4.78 is 6.94. The summed E-state index contributed by atoms with van der Waals surface area (Å²) in [5, 5.41) is 12.3. The van der Waals surface area contributed by atoms with Gasteiger partial charge in [0.05, 0.1) is 13.0 Å². The maximum atomic E-state index is 12.3. The van der Waals surface area contributed by atoms with Gasteiger partial charge in [0.1, 0.15) is 4.20 Å². The molecule has 0 unspecified atom stereocenters. The van der Waals surface area contributed by atoms with Crippen LogP contribution in [0.1, 0.15) is 20.3 Å². The summed E-state index contributed by atoms with van der Waals surface area (Å²) in [4.78, 5) is 11.5. The molecule has 0 radical (unpaired) electrons. The number of ether oxygens (including phenoxy) is 1. The van der Waals surface area contributed by atoms with E-state index in [2.05, 4.69) is 0 Å². The normalized spacial score (nSPS) is 11.7. The molecule has 0 aliphatic heterocycles. The van der Waals surface area contributed by atoms with Crippen molar-refractivity contribution in [3.05, 3.63) is 36.4 Å². The van der Waals surface area contributed by atoms with Gasteiger partial charge in [-0.05, 0) is 18.4 Å². The molecule has 0 atom stereocenters. The van der Waals surface area contributed by atoms with E-state index in [1.165, 1.54) is 11.8 Å². The fourth-order valence-corrected chi connectivity index (χ4v) is 2.73. The van der Waals surface area contributed by atoms with Gasteiger partial charge in [-0.25, -0.2) is 0 Å². The van der Waals surface area contributed by atoms with Crippen LogP contribution in [0.2, 0.25) is 0 Å². The Labute approximate surface area is 128 Å². The molecule has 1 aromatic rings. The second-order valence-corrected chi connectivity index (χ2v) is 5.70. The number of thioether (sulfide) groups is 1. The standard InChI is InChI=1S/C14H17NO3S2/c1-3-18-12(17)10-11(16)13(14(19)20-4-2)15-8-6-5-7-9-15/h5-9H,3-4,10H2,1-2H3. The molecule has 1 heterocycles. The molecule has 6 heteroatoms. The van der Waals surface area contributed by atoms with E-state index < -0.39 is 5.97 Å². The monoisotopic (exact) mass is 311 g/mol. The molecule has 108 valence electrons. The first-order chi connectivity index (χ1) is 9.60. The number of hydrogen-bond acceptors (Lipinski definition) is 5. The smallest absolute Gasteiger partial charge is 0.309 e. The van der Waals surface area contributed by atoms with Crippen LogP contribution in [-0.4, -0.2) is 22.5 Å². The van der Waals surface area contributed by atoms with E-state index in [9.17, 15) is 9.90 Å². The van der Waals surface area contributed by atoms with Gasteiger partial charge >= 0.3 is 5.97 Å². The zero-order valence-electron chi connectivity index (χ0n) is 11.5. The maximum absolute atomic E-state index is 12.3. The Morgan fingerprint density at radius 3 is 2.50 bits per heavy atom. The van der Waals surface area contributed by atoms with Crippen molar-refractivity contribution in [1.29, 1.82) is 0 Å². The average molecular weight is 311 g/mol. The third kappa shape index (κ3) is 4.94. The Bertz CT molecular complexity index is 500. The molecule has 0 saturated carbocycles. The van der Waals surface area contributed by atoms with Crippen molar-refractivity contribution in [2.75, 3.05) is 12.4 Å². The quantitative estimate of drug-likeness (QED) is 0.262. The van der Waals surface area contributed by atoms with E-state index in [0.717, 1.165) is 5.75 Å². The van der Waals surface area contributed by atoms with Crippen molar-refractivity contribution in [2.45, 2.75) is 20.3 Å². The number of carbonyl (C=O) groups is 1. The Balaban J connectivity index is 3.09. The highest BCUT2D eigenvalue weighted by Crippen LogP contribution is 2.16. The predicted octanol–water partition coefficient (Wildman–Crippen LogP) is 1.54. The Kier molecular flexibility index (Phi) is 7.25. The molecular formula is C14H17NO3S2. The highest BCUT2D eigenvalue weighted by atomic mass is 32.2. The van der Waals surface area contributed by atoms with Crippen LogP contribution in [-0.2, 0) is 9.53 Å². The molecule has 0 aliphatic rings. The molecular weight excluding hydrogens is 294 g/mol. The first-order valence-electron chi connectivity index (χ1n) is 6.29. The molecule has 0 saturated heterocycles. The van der Waals surface area contributed by atoms with E-state index >= 15 is 0 Å². The van der Waals surface area contributed by atoms with E-state index in [1.807, 2.05) is 13.0 Å². The second kappa shape index (κ2) is 8.71. The molecule has 0 bridgehead atoms. The number of esters is 1. The Morgan fingerprint density at radius 2 is 1.95 bits per heavy atom. The lowest BCUT2D eigenvalue weighted by atomic mass is 10.3. The fraction of sp³-hybridized carbons (Fsp3) is 0.357. The van der Waals surface area contributed by atoms with Crippen LogP contribution in [0.5, 0.6) is 0 Å². The SMILES string of the molecule is CCOC(=O)C/C([O-])=C(/C(=S)SCC)[n+]1ccccc1. The highest BCUT2D eigenvalue weighted by molar-refractivity contribution is 8.24. The van der Waals surface area contributed by atoms with E-state index in [4.69, 9.17) is 17.0 Å². The van der Waals surface area contributed by atoms with Gasteiger partial charge in [0.2, 0.25) is 5.70 Å². The van der Waals surface area contributed by atoms with Crippen LogP contribution in [0.15, 0.2) is 36.4 Å². The average Bonchev–Trinajstić information content (AvgIpc) is 2.40. The molecule has 0 N–H and O–H groups in total. The number of rotatable bonds is 6. The van der Waals surface area contributed by atoms with Crippen molar-refractivity contribution in [3.63, 3.8) is 0 Å². The van der Waals surface area contributed by atoms with E-state index in [0.29, 0.717) is 9.89 Å². The largest absolute Gasteiger partial charge is 0.871 e. The molecule has 1 rings (SSSR count). The zero-order chi connectivity index (χ0) is 15.0. The molecule has 0 fully saturated rings. The van der Waals surface area contributed by atoms with Crippen molar-refractivity contribution in [1.82, 2.24) is 0 Å². The van der Waals surface area contributed by atoms with E-state index in [1.54, 1.807) is 36.0 Å². The van der Waals surface area contributed by atoms with Crippen LogP contribution < -0.4 is 9.67 Å². The summed E-state index contributed by atoms with van der Waals surface area (Å²) in [6.07, 6.45) is 3.18. The van der Waals surface area contributed by atoms with Gasteiger partial charge in [0.15, 0.2) is 12.4 Å². The van der Waals surface area contributed by atoms with Gasteiger partial charge in [-0.15, -0.1) is 11.8 Å². The molecule has 1 aromatic heterocycles. The minimum Gasteiger partial charge on any atom is -0.871 e. The molecule has 4 nitrogen and oxygen atoms in total. The van der Waals surface area contributed by atoms with Crippen LogP contribution in [0.4, 0.5) is 0 Å². The number of aromatic nitrogens is 1. The Hall–Kier alpha value is -1.40. The molecule has 0 aromatic carbocycles. The van der Waals surface area contributed by atoms with Gasteiger partial charge < -0.3 is 9.84 Å². The number of carbonyl (C=O) groups excluding carboxylic acids is 1. The summed E-state index contributed by atoms with van der Waals surface area (Å²) in [6.45, 7) is 3.92. The lowest BCUT2D eigenvalue weighted by Crippen LogP contribution is -2.37. The molecule has 0 spiro atoms. The van der Waals surface area contributed by atoms with E-state index in [-0.39, 0.29) is 18.8 Å². The third-order valence-corrected chi connectivity index (χ3v) is 3.61. The summed E-state index contributed by atoms with van der Waals surface area (Å²) in [7, 11) is 0. The lowest BCUT2D eigenvalue weighted by molar-refractivity contribution is -0.580. The zero-order valence-corrected chi connectivity index (χ0v) is 13.1. The first-order valence-corrected chi connectivity index (χ1v) is 7.69. The van der Waals surface area contributed by atoms with Gasteiger partial charge in [0.25, 0.3) is 0 Å². The van der Waals surface area contributed by atoms with Crippen LogP contribution >= 0.6 is 24.0 Å². The number of hydrogen-bond donors (Lipinski definition) is 0. The van der Waals surface area contributed by atoms with Gasteiger partial charge in [-0.1, -0.05) is 25.2 Å². The number of nitrogens with zero attached hydrogens (tertiary/aromatic N) is 1. The van der Waals surface area contributed by atoms with Crippen molar-refractivity contribution in [3.8, 4) is 0 Å². The minimum absolute atomic E-state index is 0.258. The summed E-state index contributed by atoms with van der Waals surface area (Å²) >= 11 is 6.69. The van der Waals surface area contributed by atoms with Crippen molar-refractivity contribution in [2.24, 2.45) is 0 Å². The topological polar surface area (TPSA) is 53.2 Å². The summed E-state index contributed by atoms with van der Waals surface area (Å²) in [5.74, 6) is -0.0935. The number of pyridine rings is 1. The maximum Gasteiger partial charge on any atom is 0.309 e. The first kappa shape index (κ1) is 16.7. The van der Waals surface area contributed by atoms with Crippen molar-refractivity contribution < 1.29 is 19.2 Å². The summed E-state index contributed by atoms with van der Waals surface area (Å²) in [5.41, 5.74) is 0.348. The van der Waals surface area contributed by atoms with Crippen LogP contribution in [0, 0.1) is 0 Å². The third-order valence-electron chi connectivity index (χ3n) is 2.32. The summed E-state index contributed by atoms with van der Waals surface area (Å²) in [6, 6.07) is 5.45. The van der Waals surface area contributed by atoms with Gasteiger partial charge in [-0.2, -0.15) is 4.57 Å². The van der Waals surface area contributed by atoms with Crippen molar-refractivity contribution >= 4 is 39.8 Å². The second-order valence-electron chi connectivity index (χ2n) is 3.76. The predicted molar refractivity (Wildman–Crippen MR) is 81.8 cm³/mol. The fourth-order valence-electron chi connectivity index (χ4n) is 1.54. The molecule has 0 aliphatic carbocycles. The highest BCUT2D eigenvalue weighted by Gasteiger charge is 2.18. The van der Waals surface area contributed by atoms with Crippen LogP contribution in [0.3, 0.4) is 0 Å². The molecule has 0 amide bonds. The number of thiocarbonyl (C=S) groups is 1.